The zero-order chi connectivity index (χ0) is 28.6. The van der Waals surface area contributed by atoms with Gasteiger partial charge in [0.05, 0.1) is 17.9 Å². The first kappa shape index (κ1) is 28.3. The lowest BCUT2D eigenvalue weighted by atomic mass is 9.82. The molecule has 4 N–H and O–H groups in total. The number of hydrogen-bond acceptors (Lipinski definition) is 6. The molecule has 1 aromatic rings. The summed E-state index contributed by atoms with van der Waals surface area (Å²) in [5, 5.41) is 17.1. The number of carboxylic acids is 1. The molecule has 0 bridgehead atoms. The van der Waals surface area contributed by atoms with Crippen molar-refractivity contribution >= 4 is 39.1 Å². The van der Waals surface area contributed by atoms with E-state index in [2.05, 4.69) is 0 Å². The number of nitrogens with two attached hydrogens (primary N) is 1. The Balaban J connectivity index is 1.31. The lowest BCUT2D eigenvalue weighted by Gasteiger charge is -2.35. The molecule has 4 heterocycles. The summed E-state index contributed by atoms with van der Waals surface area (Å²) in [4.78, 5) is 34.0. The normalized spacial score (nSPS) is 25.1. The van der Waals surface area contributed by atoms with Crippen molar-refractivity contribution in [3.05, 3.63) is 41.6 Å². The van der Waals surface area contributed by atoms with Crippen LogP contribution in [0.15, 0.2) is 35.5 Å². The number of hydrogen-bond donors (Lipinski definition) is 3. The fraction of sp³-hybridized carbons (Fsp3) is 0.571. The van der Waals surface area contributed by atoms with Crippen LogP contribution in [0.4, 0.5) is 0 Å². The second-order valence-corrected chi connectivity index (χ2v) is 13.5. The van der Waals surface area contributed by atoms with Gasteiger partial charge in [0.15, 0.2) is 5.96 Å². The number of nitrogens with zero attached hydrogens (tertiary/aromatic N) is 4. The van der Waals surface area contributed by atoms with Crippen molar-refractivity contribution in [3.8, 4) is 0 Å². The number of piperidine rings is 2. The van der Waals surface area contributed by atoms with E-state index in [9.17, 15) is 23.1 Å². The van der Waals surface area contributed by atoms with Crippen molar-refractivity contribution in [2.75, 3.05) is 39.0 Å². The average molecular weight is 571 g/mol. The summed E-state index contributed by atoms with van der Waals surface area (Å²) in [7, 11) is -3.21. The van der Waals surface area contributed by atoms with Crippen LogP contribution >= 0.6 is 0 Å². The number of likely N-dealkylation sites (tertiary alicyclic amines) is 2. The van der Waals surface area contributed by atoms with Gasteiger partial charge in [-0.15, -0.1) is 0 Å². The average Bonchev–Trinajstić information content (AvgIpc) is 3.60. The van der Waals surface area contributed by atoms with E-state index in [1.54, 1.807) is 33.6 Å². The summed E-state index contributed by atoms with van der Waals surface area (Å²) < 4.78 is 25.6. The number of rotatable bonds is 6. The largest absolute Gasteiger partial charge is 0.478 e. The van der Waals surface area contributed by atoms with Gasteiger partial charge in [-0.2, -0.15) is 0 Å². The number of nitrogens with one attached hydrogen (secondary N) is 1. The molecule has 3 fully saturated rings. The number of aromatic carboxylic acids is 1. The van der Waals surface area contributed by atoms with Crippen molar-refractivity contribution in [1.82, 2.24) is 14.1 Å². The first-order chi connectivity index (χ1) is 19.0. The second-order valence-electron chi connectivity index (χ2n) is 11.5. The molecule has 216 valence electrons. The molecule has 4 aliphatic rings. The predicted molar refractivity (Wildman–Crippen MR) is 152 cm³/mol. The van der Waals surface area contributed by atoms with E-state index in [-0.39, 0.29) is 35.3 Å². The van der Waals surface area contributed by atoms with E-state index in [0.717, 1.165) is 36.1 Å². The number of aliphatic imine (C=N–C) groups is 1. The van der Waals surface area contributed by atoms with Crippen LogP contribution in [-0.2, 0) is 14.8 Å². The quantitative estimate of drug-likeness (QED) is 0.348. The Morgan fingerprint density at radius 2 is 1.77 bits per heavy atom. The highest BCUT2D eigenvalue weighted by Crippen LogP contribution is 2.39. The fourth-order valence-electron chi connectivity index (χ4n) is 6.73. The summed E-state index contributed by atoms with van der Waals surface area (Å²) in [5.74, 6) is -0.362. The minimum atomic E-state index is -3.21. The molecule has 2 atom stereocenters. The van der Waals surface area contributed by atoms with Crippen molar-refractivity contribution in [3.63, 3.8) is 0 Å². The summed E-state index contributed by atoms with van der Waals surface area (Å²) in [6.45, 7) is 2.82. The first-order valence-corrected chi connectivity index (χ1v) is 15.8. The Kier molecular flexibility index (Phi) is 8.01. The highest BCUT2D eigenvalue weighted by atomic mass is 32.2. The van der Waals surface area contributed by atoms with Crippen LogP contribution in [0.3, 0.4) is 0 Å². The van der Waals surface area contributed by atoms with Crippen molar-refractivity contribution in [2.45, 2.75) is 44.6 Å². The molecule has 0 saturated carbocycles. The zero-order valence-corrected chi connectivity index (χ0v) is 23.6. The maximum atomic E-state index is 13.9. The number of benzene rings is 1. The summed E-state index contributed by atoms with van der Waals surface area (Å²) in [6.07, 6.45) is 7.25. The van der Waals surface area contributed by atoms with Gasteiger partial charge < -0.3 is 20.6 Å². The number of guanidine groups is 1. The molecule has 0 unspecified atom stereocenters. The molecular formula is C28H38N6O5S. The van der Waals surface area contributed by atoms with E-state index in [1.165, 1.54) is 6.26 Å². The van der Waals surface area contributed by atoms with Gasteiger partial charge in [0.1, 0.15) is 0 Å². The third-order valence-corrected chi connectivity index (χ3v) is 10.4. The van der Waals surface area contributed by atoms with Crippen LogP contribution in [0, 0.1) is 23.2 Å². The topological polar surface area (TPSA) is 160 Å². The highest BCUT2D eigenvalue weighted by molar-refractivity contribution is 7.88. The molecule has 5 rings (SSSR count). The fourth-order valence-corrected chi connectivity index (χ4v) is 7.60. The molecule has 11 nitrogen and oxygen atoms in total. The van der Waals surface area contributed by atoms with Gasteiger partial charge in [0, 0.05) is 57.0 Å². The van der Waals surface area contributed by atoms with Gasteiger partial charge in [-0.3, -0.25) is 15.2 Å². The standard InChI is InChI=1S/C28H38N6O5S/c1-40(38,39)33-11-7-18(8-12-33)23-15-25(34(17-23)26(35)19-5-9-32(10-6-19)28(29)30)24-14-22(16-31-24)20-3-2-4-21(13-20)27(36)37/h2-4,13,16,18-19,23,25H,5-12,14-15,17H2,1H3,(H3,29,30)(H,36,37)/t23-,25-/m0/s1. The van der Waals surface area contributed by atoms with Gasteiger partial charge in [-0.25, -0.2) is 17.5 Å². The molecule has 4 aliphatic heterocycles. The molecule has 40 heavy (non-hydrogen) atoms. The maximum Gasteiger partial charge on any atom is 0.335 e. The van der Waals surface area contributed by atoms with E-state index < -0.39 is 16.0 Å². The van der Waals surface area contributed by atoms with Gasteiger partial charge >= 0.3 is 5.97 Å². The van der Waals surface area contributed by atoms with Crippen LogP contribution in [0.2, 0.25) is 0 Å². The van der Waals surface area contributed by atoms with E-state index in [0.29, 0.717) is 57.9 Å². The van der Waals surface area contributed by atoms with Gasteiger partial charge in [0.25, 0.3) is 0 Å². The third kappa shape index (κ3) is 5.92. The van der Waals surface area contributed by atoms with E-state index in [1.807, 2.05) is 11.0 Å². The van der Waals surface area contributed by atoms with Crippen molar-refractivity contribution in [2.24, 2.45) is 28.5 Å². The summed E-state index contributed by atoms with van der Waals surface area (Å²) in [5.41, 5.74) is 8.55. The number of carbonyl (C=O) groups excluding carboxylic acids is 1. The minimum Gasteiger partial charge on any atom is -0.478 e. The Bertz CT molecular complexity index is 1340. The Hall–Kier alpha value is -3.25. The van der Waals surface area contributed by atoms with Crippen LogP contribution in [0.25, 0.3) is 5.57 Å². The number of amides is 1. The number of carboxylic acid groups (broad SMARTS) is 1. The van der Waals surface area contributed by atoms with E-state index in [4.69, 9.17) is 16.1 Å². The van der Waals surface area contributed by atoms with Gasteiger partial charge in [-0.05, 0) is 67.2 Å². The Morgan fingerprint density at radius 1 is 1.07 bits per heavy atom. The third-order valence-electron chi connectivity index (χ3n) is 9.06. The highest BCUT2D eigenvalue weighted by Gasteiger charge is 2.44. The molecule has 0 aromatic heterocycles. The van der Waals surface area contributed by atoms with Crippen LogP contribution in [0.5, 0.6) is 0 Å². The summed E-state index contributed by atoms with van der Waals surface area (Å²) >= 11 is 0. The van der Waals surface area contributed by atoms with E-state index >= 15 is 0 Å². The molecule has 1 amide bonds. The molecular weight excluding hydrogens is 532 g/mol. The van der Waals surface area contributed by atoms with Gasteiger partial charge in [0.2, 0.25) is 15.9 Å². The number of sulfonamides is 1. The smallest absolute Gasteiger partial charge is 0.335 e. The molecule has 12 heteroatoms. The molecule has 0 spiro atoms. The zero-order valence-electron chi connectivity index (χ0n) is 22.8. The lowest BCUT2D eigenvalue weighted by molar-refractivity contribution is -0.136. The Morgan fingerprint density at radius 3 is 2.40 bits per heavy atom. The molecule has 3 saturated heterocycles. The van der Waals surface area contributed by atoms with Crippen LogP contribution in [-0.4, -0.2) is 96.2 Å². The second kappa shape index (κ2) is 11.3. The predicted octanol–water partition coefficient (Wildman–Crippen LogP) is 2.06. The lowest BCUT2D eigenvalue weighted by Crippen LogP contribution is -2.48. The molecule has 0 aliphatic carbocycles. The summed E-state index contributed by atoms with van der Waals surface area (Å²) in [6, 6.07) is 6.70. The van der Waals surface area contributed by atoms with Crippen molar-refractivity contribution in [1.29, 1.82) is 5.41 Å². The first-order valence-electron chi connectivity index (χ1n) is 13.9. The molecule has 0 radical (unpaired) electrons. The monoisotopic (exact) mass is 570 g/mol. The SMILES string of the molecule is CS(=O)(=O)N1CCC([C@H]2C[C@@H](C3=NC=C(c4cccc(C(=O)O)c4)C3)N(C(=O)C3CCN(C(=N)N)CC3)C2)CC1. The number of allylic oxidation sites excluding steroid dienone is 1. The Labute approximate surface area is 235 Å². The van der Waals surface area contributed by atoms with Crippen LogP contribution < -0.4 is 5.73 Å². The minimum absolute atomic E-state index is 0.0383. The molecule has 1 aromatic carbocycles. The maximum absolute atomic E-state index is 13.9. The van der Waals surface area contributed by atoms with Gasteiger partial charge in [-0.1, -0.05) is 12.1 Å². The number of carbonyl (C=O) groups is 2. The van der Waals surface area contributed by atoms with Crippen LogP contribution in [0.1, 0.15) is 54.4 Å². The van der Waals surface area contributed by atoms with Crippen molar-refractivity contribution < 1.29 is 23.1 Å².